The van der Waals surface area contributed by atoms with Gasteiger partial charge in [0.15, 0.2) is 5.13 Å². The van der Waals surface area contributed by atoms with Gasteiger partial charge < -0.3 is 5.32 Å². The van der Waals surface area contributed by atoms with E-state index in [2.05, 4.69) is 20.1 Å². The number of benzene rings is 3. The van der Waals surface area contributed by atoms with Crippen molar-refractivity contribution in [1.82, 2.24) is 9.97 Å². The molecule has 7 heteroatoms. The molecule has 198 valence electrons. The minimum absolute atomic E-state index is 0.196. The lowest BCUT2D eigenvalue weighted by Gasteiger charge is -2.51. The summed E-state index contributed by atoms with van der Waals surface area (Å²) >= 11 is 1.23. The van der Waals surface area contributed by atoms with E-state index >= 15 is 0 Å². The number of carbonyl (C=O) groups is 2. The highest BCUT2D eigenvalue weighted by molar-refractivity contribution is 7.14. The Morgan fingerprint density at radius 2 is 1.51 bits per heavy atom. The summed E-state index contributed by atoms with van der Waals surface area (Å²) in [5, 5.41) is 5.05. The van der Waals surface area contributed by atoms with Crippen molar-refractivity contribution in [2.45, 2.75) is 24.8 Å². The van der Waals surface area contributed by atoms with Crippen LogP contribution in [0.3, 0.4) is 0 Å². The Morgan fingerprint density at radius 1 is 0.902 bits per heavy atom. The van der Waals surface area contributed by atoms with Gasteiger partial charge in [-0.15, -0.1) is 11.3 Å². The molecule has 3 aromatic carbocycles. The number of rotatable bonds is 5. The summed E-state index contributed by atoms with van der Waals surface area (Å²) in [5.74, 6) is -0.603. The summed E-state index contributed by atoms with van der Waals surface area (Å²) in [6.45, 7) is 10.3. The van der Waals surface area contributed by atoms with Crippen LogP contribution < -0.4 is 5.32 Å². The van der Waals surface area contributed by atoms with Crippen LogP contribution in [0.25, 0.3) is 16.0 Å². The van der Waals surface area contributed by atoms with Crippen LogP contribution in [-0.2, 0) is 10.3 Å². The van der Waals surface area contributed by atoms with Crippen molar-refractivity contribution in [2.75, 3.05) is 5.32 Å². The second-order valence-corrected chi connectivity index (χ2v) is 11.7. The van der Waals surface area contributed by atoms with E-state index in [1.165, 1.54) is 11.3 Å². The van der Waals surface area contributed by atoms with E-state index in [1.54, 1.807) is 29.9 Å². The molecule has 1 N–H and O–H groups in total. The lowest BCUT2D eigenvalue weighted by Crippen LogP contribution is -2.53. The van der Waals surface area contributed by atoms with Crippen LogP contribution in [0.1, 0.15) is 57.6 Å². The quantitative estimate of drug-likeness (QED) is 0.187. The van der Waals surface area contributed by atoms with Crippen LogP contribution in [0.4, 0.5) is 5.13 Å². The molecule has 0 fully saturated rings. The van der Waals surface area contributed by atoms with E-state index in [4.69, 9.17) is 6.57 Å². The summed E-state index contributed by atoms with van der Waals surface area (Å²) in [4.78, 5) is 40.0. The van der Waals surface area contributed by atoms with E-state index in [9.17, 15) is 9.59 Å². The summed E-state index contributed by atoms with van der Waals surface area (Å²) in [7, 11) is 0. The molecule has 2 heterocycles. The topological polar surface area (TPSA) is 76.3 Å². The first-order valence-corrected chi connectivity index (χ1v) is 14.2. The molecule has 1 amide bonds. The van der Waals surface area contributed by atoms with Gasteiger partial charge in [0.25, 0.3) is 5.54 Å². The number of thiazole rings is 1. The Labute approximate surface area is 241 Å². The predicted octanol–water partition coefficient (Wildman–Crippen LogP) is 7.09. The minimum Gasteiger partial charge on any atom is -0.301 e. The molecule has 6 nitrogen and oxygen atoms in total. The van der Waals surface area contributed by atoms with Gasteiger partial charge in [0.2, 0.25) is 11.7 Å². The third-order valence-corrected chi connectivity index (χ3v) is 9.28. The lowest BCUT2D eigenvalue weighted by molar-refractivity contribution is -0.127. The SMILES string of the molecule is [C-]#[N+]C12CC(C)(C(=O)Nc3nc(C(=O)c4ccc(-c5ccncc5)cc4)cs3)C(c3ccccc31)c1ccccc12. The van der Waals surface area contributed by atoms with Gasteiger partial charge in [-0.2, -0.15) is 0 Å². The van der Waals surface area contributed by atoms with Gasteiger partial charge in [-0.25, -0.2) is 11.6 Å². The number of carbonyl (C=O) groups excluding carboxylic acids is 2. The number of nitrogens with zero attached hydrogens (tertiary/aromatic N) is 3. The first-order valence-electron chi connectivity index (χ1n) is 13.3. The van der Waals surface area contributed by atoms with Gasteiger partial charge in [0.05, 0.1) is 5.41 Å². The molecule has 1 atom stereocenters. The van der Waals surface area contributed by atoms with E-state index in [0.717, 1.165) is 33.4 Å². The van der Waals surface area contributed by atoms with Crippen molar-refractivity contribution >= 4 is 28.2 Å². The van der Waals surface area contributed by atoms with Gasteiger partial charge in [-0.3, -0.25) is 19.4 Å². The van der Waals surface area contributed by atoms with Crippen LogP contribution in [-0.4, -0.2) is 21.7 Å². The van der Waals surface area contributed by atoms with Crippen molar-refractivity contribution in [1.29, 1.82) is 0 Å². The third-order valence-electron chi connectivity index (χ3n) is 8.52. The zero-order valence-corrected chi connectivity index (χ0v) is 23.0. The Morgan fingerprint density at radius 3 is 2.15 bits per heavy atom. The van der Waals surface area contributed by atoms with Gasteiger partial charge >= 0.3 is 0 Å². The van der Waals surface area contributed by atoms with Gasteiger partial charge in [-0.1, -0.05) is 72.8 Å². The number of nitrogens with one attached hydrogen (secondary N) is 1. The summed E-state index contributed by atoms with van der Waals surface area (Å²) in [5.41, 5.74) is 5.03. The van der Waals surface area contributed by atoms with Crippen LogP contribution >= 0.6 is 11.3 Å². The fourth-order valence-electron chi connectivity index (χ4n) is 6.63. The van der Waals surface area contributed by atoms with Crippen molar-refractivity contribution in [3.05, 3.63) is 148 Å². The fourth-order valence-corrected chi connectivity index (χ4v) is 7.31. The molecule has 3 aliphatic rings. The molecule has 0 radical (unpaired) electrons. The third kappa shape index (κ3) is 3.75. The van der Waals surface area contributed by atoms with E-state index in [0.29, 0.717) is 17.1 Å². The summed E-state index contributed by atoms with van der Waals surface area (Å²) in [6, 6.07) is 27.2. The number of anilines is 1. The molecule has 0 aliphatic heterocycles. The molecular weight excluding hydrogens is 528 g/mol. The van der Waals surface area contributed by atoms with Crippen molar-refractivity contribution < 1.29 is 9.59 Å². The van der Waals surface area contributed by atoms with E-state index in [-0.39, 0.29) is 23.3 Å². The van der Waals surface area contributed by atoms with E-state index in [1.807, 2.05) is 79.7 Å². The number of amides is 1. The van der Waals surface area contributed by atoms with Crippen molar-refractivity contribution in [2.24, 2.45) is 5.41 Å². The first-order chi connectivity index (χ1) is 19.9. The van der Waals surface area contributed by atoms with Gasteiger partial charge in [0.1, 0.15) is 5.69 Å². The Hall–Kier alpha value is -4.93. The highest BCUT2D eigenvalue weighted by atomic mass is 32.1. The molecule has 41 heavy (non-hydrogen) atoms. The Kier molecular flexibility index (Phi) is 5.70. The normalized spacial score (nSPS) is 21.8. The van der Waals surface area contributed by atoms with Crippen molar-refractivity contribution in [3.8, 4) is 11.1 Å². The number of ketones is 1. The maximum atomic E-state index is 14.0. The lowest BCUT2D eigenvalue weighted by atomic mass is 9.49. The Bertz CT molecular complexity index is 1830. The molecule has 0 saturated carbocycles. The smallest absolute Gasteiger partial charge is 0.284 e. The van der Waals surface area contributed by atoms with Crippen LogP contribution in [0.5, 0.6) is 0 Å². The standard InChI is InChI=1S/C34H24N4O2S/c1-33(20-34(35-2)26-9-5-3-7-24(26)29(33)25-8-4-6-10-27(25)34)31(40)38-32-37-28(19-41-32)30(39)23-13-11-21(12-14-23)22-15-17-36-18-16-22/h3-19,29H,20H2,1H3,(H,37,38,40). The number of hydrogen-bond donors (Lipinski definition) is 1. The number of fused-ring (bicyclic) bond motifs is 1. The van der Waals surface area contributed by atoms with Crippen LogP contribution in [0, 0.1) is 12.0 Å². The maximum Gasteiger partial charge on any atom is 0.284 e. The monoisotopic (exact) mass is 552 g/mol. The molecule has 2 aromatic heterocycles. The average molecular weight is 553 g/mol. The Balaban J connectivity index is 1.17. The molecule has 5 aromatic rings. The largest absolute Gasteiger partial charge is 0.301 e. The van der Waals surface area contributed by atoms with E-state index < -0.39 is 11.0 Å². The fraction of sp³-hybridized carbons (Fsp3) is 0.147. The second-order valence-electron chi connectivity index (χ2n) is 10.8. The molecule has 0 saturated heterocycles. The zero-order valence-electron chi connectivity index (χ0n) is 22.2. The van der Waals surface area contributed by atoms with Gasteiger partial charge in [-0.05, 0) is 41.3 Å². The zero-order chi connectivity index (χ0) is 28.2. The average Bonchev–Trinajstić information content (AvgIpc) is 3.49. The molecular formula is C34H24N4O2S. The molecule has 3 aliphatic carbocycles. The maximum absolute atomic E-state index is 14.0. The van der Waals surface area contributed by atoms with Gasteiger partial charge in [0, 0.05) is 46.8 Å². The summed E-state index contributed by atoms with van der Waals surface area (Å²) < 4.78 is 0. The molecule has 8 rings (SSSR count). The first kappa shape index (κ1) is 25.1. The van der Waals surface area contributed by atoms with Crippen LogP contribution in [0.2, 0.25) is 0 Å². The predicted molar refractivity (Wildman–Crippen MR) is 159 cm³/mol. The highest BCUT2D eigenvalue weighted by Gasteiger charge is 2.64. The number of aromatic nitrogens is 2. The minimum atomic E-state index is -0.930. The highest BCUT2D eigenvalue weighted by Crippen LogP contribution is 2.64. The number of hydrogen-bond acceptors (Lipinski definition) is 5. The molecule has 2 bridgehead atoms. The van der Waals surface area contributed by atoms with Crippen molar-refractivity contribution in [3.63, 3.8) is 0 Å². The molecule has 0 spiro atoms. The van der Waals surface area contributed by atoms with Crippen LogP contribution in [0.15, 0.2) is 103 Å². The molecule has 1 unspecified atom stereocenters. The second kappa shape index (κ2) is 9.33. The number of pyridine rings is 1. The summed E-state index contributed by atoms with van der Waals surface area (Å²) in [6.07, 6.45) is 3.84.